The minimum Gasteiger partial charge on any atom is -0.465 e. The first-order valence-electron chi connectivity index (χ1n) is 20.8. The first kappa shape index (κ1) is 41.1. The first-order valence-corrected chi connectivity index (χ1v) is 20.8. The number of nitrogens with one attached hydrogen (secondary N) is 3. The van der Waals surface area contributed by atoms with Crippen molar-refractivity contribution in [2.24, 2.45) is 11.8 Å². The number of aromatic amines is 2. The van der Waals surface area contributed by atoms with E-state index in [1.54, 1.807) is 23.9 Å². The lowest BCUT2D eigenvalue weighted by atomic mass is 9.85. The Labute approximate surface area is 348 Å². The monoisotopic (exact) mass is 822 g/mol. The SMILES string of the molecule is COC(=O)NC(C(=O)N(C)[C@@H](C)c1nc2ccc(C#Cc3ccc4[nH]c([C@H](C)N(C)C(=O)C(C5CCOC6(CC6)C5)N(C)C(=O)O)nc4c3)cc2[nH]1)C1CCOC2(CC2)C1. The van der Waals surface area contributed by atoms with Gasteiger partial charge in [-0.1, -0.05) is 11.8 Å². The summed E-state index contributed by atoms with van der Waals surface area (Å²) in [5, 5.41) is 12.7. The number of fused-ring (bicyclic) bond motifs is 2. The van der Waals surface area contributed by atoms with Crippen molar-refractivity contribution in [1.82, 2.24) is 40.0 Å². The zero-order valence-electron chi connectivity index (χ0n) is 35.0. The smallest absolute Gasteiger partial charge is 0.407 e. The van der Waals surface area contributed by atoms with Gasteiger partial charge in [-0.05, 0) is 113 Å². The summed E-state index contributed by atoms with van der Waals surface area (Å²) < 4.78 is 16.8. The number of nitrogens with zero attached hydrogens (tertiary/aromatic N) is 5. The Bertz CT molecular complexity index is 2370. The Balaban J connectivity index is 0.945. The van der Waals surface area contributed by atoms with Crippen molar-refractivity contribution in [3.8, 4) is 11.8 Å². The summed E-state index contributed by atoms with van der Waals surface area (Å²) in [6.07, 6.45) is 4.73. The molecule has 4 amide bonds. The predicted molar refractivity (Wildman–Crippen MR) is 221 cm³/mol. The van der Waals surface area contributed by atoms with E-state index < -0.39 is 36.4 Å². The van der Waals surface area contributed by atoms with Crippen LogP contribution in [0.25, 0.3) is 22.1 Å². The highest BCUT2D eigenvalue weighted by Gasteiger charge is 2.52. The highest BCUT2D eigenvalue weighted by Crippen LogP contribution is 2.50. The largest absolute Gasteiger partial charge is 0.465 e. The molecule has 2 aromatic heterocycles. The van der Waals surface area contributed by atoms with Crippen LogP contribution in [0.2, 0.25) is 0 Å². The number of alkyl carbamates (subject to hydrolysis) is 1. The Morgan fingerprint density at radius 1 is 0.783 bits per heavy atom. The highest BCUT2D eigenvalue weighted by molar-refractivity contribution is 5.87. The number of carbonyl (C=O) groups is 4. The molecule has 4 aromatic rings. The third-order valence-corrected chi connectivity index (χ3v) is 13.3. The van der Waals surface area contributed by atoms with Gasteiger partial charge >= 0.3 is 12.2 Å². The normalized spacial score (nSPS) is 21.9. The molecule has 4 aliphatic rings. The molecule has 2 aliphatic heterocycles. The lowest BCUT2D eigenvalue weighted by molar-refractivity contribution is -0.141. The third-order valence-electron chi connectivity index (χ3n) is 13.3. The van der Waals surface area contributed by atoms with E-state index >= 15 is 0 Å². The fourth-order valence-corrected chi connectivity index (χ4v) is 8.96. The standard InChI is InChI=1S/C44H54N8O8/c1-25(50(3)39(53)35(49-41(55)58-6)29-13-19-59-43(23-29)15-16-43)37-45-31-11-9-27(21-33(31)47-37)7-8-28-10-12-32-34(22-28)48-38(46-32)26(2)51(4)40(54)36(52(5)42(56)57)30-14-20-60-44(24-30)17-18-44/h9-12,21-22,25-26,29-30,35-36H,13-20,23-24H2,1-6H3,(H,45,47)(H,46,48)(H,49,55)(H,56,57)/t25-,26-,29?,30?,35?,36?/m0/s1. The lowest BCUT2D eigenvalue weighted by Crippen LogP contribution is -2.54. The molecule has 2 spiro atoms. The molecule has 16 nitrogen and oxygen atoms in total. The fourth-order valence-electron chi connectivity index (χ4n) is 8.96. The maximum absolute atomic E-state index is 14.0. The van der Waals surface area contributed by atoms with Gasteiger partial charge in [0.1, 0.15) is 23.7 Å². The highest BCUT2D eigenvalue weighted by atomic mass is 16.5. The summed E-state index contributed by atoms with van der Waals surface area (Å²) in [5.74, 6) is 6.99. The second kappa shape index (κ2) is 16.1. The Morgan fingerprint density at radius 3 is 1.95 bits per heavy atom. The van der Waals surface area contributed by atoms with E-state index in [9.17, 15) is 24.3 Å². The molecule has 60 heavy (non-hydrogen) atoms. The molecule has 4 N–H and O–H groups in total. The molecule has 16 heteroatoms. The van der Waals surface area contributed by atoms with Crippen molar-refractivity contribution in [2.45, 2.75) is 101 Å². The first-order chi connectivity index (χ1) is 28.7. The van der Waals surface area contributed by atoms with Crippen molar-refractivity contribution in [2.75, 3.05) is 41.5 Å². The second-order valence-electron chi connectivity index (χ2n) is 17.2. The molecule has 8 rings (SSSR count). The average Bonchev–Trinajstić information content (AvgIpc) is 4.07. The van der Waals surface area contributed by atoms with Gasteiger partial charge in [-0.3, -0.25) is 14.5 Å². The van der Waals surface area contributed by atoms with Crippen LogP contribution in [-0.2, 0) is 23.8 Å². The molecule has 2 aliphatic carbocycles. The van der Waals surface area contributed by atoms with Crippen LogP contribution < -0.4 is 5.32 Å². The Kier molecular flexibility index (Phi) is 11.0. The van der Waals surface area contributed by atoms with Gasteiger partial charge < -0.3 is 44.4 Å². The van der Waals surface area contributed by atoms with E-state index in [1.165, 1.54) is 14.2 Å². The molecule has 0 bridgehead atoms. The average molecular weight is 823 g/mol. The van der Waals surface area contributed by atoms with Crippen LogP contribution in [0.1, 0.15) is 100 Å². The van der Waals surface area contributed by atoms with Gasteiger partial charge in [-0.2, -0.15) is 0 Å². The van der Waals surface area contributed by atoms with Gasteiger partial charge in [0.15, 0.2) is 0 Å². The third kappa shape index (κ3) is 8.25. The summed E-state index contributed by atoms with van der Waals surface area (Å²) in [6, 6.07) is 8.97. The summed E-state index contributed by atoms with van der Waals surface area (Å²) in [5.41, 5.74) is 4.13. The summed E-state index contributed by atoms with van der Waals surface area (Å²) in [6.45, 7) is 4.85. The number of ether oxygens (including phenoxy) is 3. The number of amides is 4. The van der Waals surface area contributed by atoms with Crippen LogP contribution in [-0.4, -0.2) is 128 Å². The maximum atomic E-state index is 14.0. The molecule has 4 unspecified atom stereocenters. The quantitative estimate of drug-likeness (QED) is 0.148. The lowest BCUT2D eigenvalue weighted by Gasteiger charge is -2.40. The topological polar surface area (TPSA) is 195 Å². The van der Waals surface area contributed by atoms with Gasteiger partial charge in [-0.25, -0.2) is 19.6 Å². The molecule has 4 heterocycles. The van der Waals surface area contributed by atoms with E-state index in [-0.39, 0.29) is 34.9 Å². The number of likely N-dealkylation sites (N-methyl/N-ethyl adjacent to an activating group) is 3. The van der Waals surface area contributed by atoms with Crippen LogP contribution in [0.3, 0.4) is 0 Å². The van der Waals surface area contributed by atoms with Gasteiger partial charge in [0.2, 0.25) is 11.8 Å². The predicted octanol–water partition coefficient (Wildman–Crippen LogP) is 5.50. The van der Waals surface area contributed by atoms with Crippen molar-refractivity contribution in [1.29, 1.82) is 0 Å². The van der Waals surface area contributed by atoms with Crippen LogP contribution >= 0.6 is 0 Å². The van der Waals surface area contributed by atoms with Crippen LogP contribution in [0, 0.1) is 23.7 Å². The van der Waals surface area contributed by atoms with Crippen LogP contribution in [0.4, 0.5) is 9.59 Å². The molecule has 318 valence electrons. The summed E-state index contributed by atoms with van der Waals surface area (Å²) >= 11 is 0. The van der Waals surface area contributed by atoms with Gasteiger partial charge in [0, 0.05) is 45.5 Å². The number of methoxy groups -OCH3 is 1. The number of hydrogen-bond donors (Lipinski definition) is 4. The van der Waals surface area contributed by atoms with E-state index in [4.69, 9.17) is 24.2 Å². The van der Waals surface area contributed by atoms with E-state index in [1.807, 2.05) is 50.2 Å². The minimum absolute atomic E-state index is 0.0688. The van der Waals surface area contributed by atoms with Gasteiger partial charge in [-0.15, -0.1) is 0 Å². The molecular weight excluding hydrogens is 769 g/mol. The van der Waals surface area contributed by atoms with Crippen LogP contribution in [0.15, 0.2) is 36.4 Å². The number of H-pyrrole nitrogens is 2. The van der Waals surface area contributed by atoms with E-state index in [2.05, 4.69) is 27.1 Å². The molecule has 6 atom stereocenters. The number of hydrogen-bond acceptors (Lipinski definition) is 9. The molecule has 2 aromatic carbocycles. The summed E-state index contributed by atoms with van der Waals surface area (Å²) in [7, 11) is 6.18. The number of carboxylic acid groups (broad SMARTS) is 1. The van der Waals surface area contributed by atoms with Gasteiger partial charge in [0.25, 0.3) is 0 Å². The van der Waals surface area contributed by atoms with Crippen molar-refractivity contribution < 1.29 is 38.5 Å². The van der Waals surface area contributed by atoms with Crippen LogP contribution in [0.5, 0.6) is 0 Å². The van der Waals surface area contributed by atoms with Crippen molar-refractivity contribution in [3.05, 3.63) is 59.2 Å². The Morgan fingerprint density at radius 2 is 1.33 bits per heavy atom. The molecular formula is C44H54N8O8. The number of carbonyl (C=O) groups excluding carboxylic acids is 3. The number of benzene rings is 2. The maximum Gasteiger partial charge on any atom is 0.407 e. The van der Waals surface area contributed by atoms with Crippen molar-refractivity contribution >= 4 is 46.1 Å². The molecule has 2 saturated carbocycles. The second-order valence-corrected chi connectivity index (χ2v) is 17.2. The summed E-state index contributed by atoms with van der Waals surface area (Å²) in [4.78, 5) is 73.1. The Hall–Kier alpha value is -5.66. The van der Waals surface area contributed by atoms with Gasteiger partial charge in [0.05, 0.1) is 52.5 Å². The minimum atomic E-state index is -1.14. The van der Waals surface area contributed by atoms with E-state index in [0.29, 0.717) is 56.1 Å². The number of aromatic nitrogens is 4. The number of rotatable bonds is 10. The van der Waals surface area contributed by atoms with Crippen molar-refractivity contribution in [3.63, 3.8) is 0 Å². The zero-order chi connectivity index (χ0) is 42.5. The van der Waals surface area contributed by atoms with E-state index in [0.717, 1.165) is 58.3 Å². The molecule has 0 radical (unpaired) electrons. The molecule has 4 fully saturated rings. The number of imidazole rings is 2. The zero-order valence-corrected chi connectivity index (χ0v) is 35.0. The fraction of sp³-hybridized carbons (Fsp3) is 0.545. The molecule has 2 saturated heterocycles.